The highest BCUT2D eigenvalue weighted by molar-refractivity contribution is 7.96. The second kappa shape index (κ2) is 9.93. The molecule has 0 heterocycles. The summed E-state index contributed by atoms with van der Waals surface area (Å²) in [5, 5.41) is 6.92. The van der Waals surface area contributed by atoms with Gasteiger partial charge in [-0.1, -0.05) is 61.5 Å². The van der Waals surface area contributed by atoms with Gasteiger partial charge in [0.25, 0.3) is 0 Å². The minimum Gasteiger partial charge on any atom is -0.465 e. The van der Waals surface area contributed by atoms with Crippen LogP contribution in [0.5, 0.6) is 0 Å². The Morgan fingerprint density at radius 1 is 0.909 bits per heavy atom. The minimum absolute atomic E-state index is 0.00126. The Labute approximate surface area is 194 Å². The van der Waals surface area contributed by atoms with E-state index in [0.717, 1.165) is 4.90 Å². The number of amides is 1. The maximum Gasteiger partial charge on any atom is 0.408 e. The van der Waals surface area contributed by atoms with Gasteiger partial charge in [-0.15, -0.1) is 6.58 Å². The van der Waals surface area contributed by atoms with Gasteiger partial charge in [-0.25, -0.2) is 21.6 Å². The third kappa shape index (κ3) is 4.74. The molecule has 2 aromatic rings. The molecule has 0 fully saturated rings. The second-order valence-corrected chi connectivity index (χ2v) is 12.0. The largest absolute Gasteiger partial charge is 0.465 e. The highest BCUT2D eigenvalue weighted by Crippen LogP contribution is 2.39. The van der Waals surface area contributed by atoms with E-state index in [1.165, 1.54) is 36.4 Å². The van der Waals surface area contributed by atoms with Gasteiger partial charge in [0.15, 0.2) is 19.7 Å². The summed E-state index contributed by atoms with van der Waals surface area (Å²) < 4.78 is 55.6. The summed E-state index contributed by atoms with van der Waals surface area (Å²) in [4.78, 5) is 12.9. The number of rotatable bonds is 8. The highest BCUT2D eigenvalue weighted by Gasteiger charge is 2.53. The summed E-state index contributed by atoms with van der Waals surface area (Å²) in [6.07, 6.45) is 3.50. The average molecular weight is 490 g/mol. The standard InChI is InChI=1S/C24H27NO6S2/c1-3-17-25(24(26)27)21-16-15-18(4-2)22(32(28,29)19-11-7-5-8-12-19)23(21)33(30,31)20-13-9-6-10-14-20/h3,5-16,18,21-23H,1,4,17H2,2H3,(H,26,27)/t18-,21-,22+,23+/m1/s1. The van der Waals surface area contributed by atoms with E-state index in [1.54, 1.807) is 49.4 Å². The van der Waals surface area contributed by atoms with Crippen molar-refractivity contribution in [1.29, 1.82) is 0 Å². The smallest absolute Gasteiger partial charge is 0.408 e. The number of nitrogens with zero attached hydrogens (tertiary/aromatic N) is 1. The van der Waals surface area contributed by atoms with Gasteiger partial charge >= 0.3 is 6.09 Å². The Morgan fingerprint density at radius 2 is 1.39 bits per heavy atom. The van der Waals surface area contributed by atoms with Gasteiger partial charge in [0.1, 0.15) is 5.25 Å². The number of sulfone groups is 2. The summed E-state index contributed by atoms with van der Waals surface area (Å²) >= 11 is 0. The van der Waals surface area contributed by atoms with Gasteiger partial charge in [0.05, 0.1) is 21.1 Å². The molecule has 0 bridgehead atoms. The lowest BCUT2D eigenvalue weighted by atomic mass is 9.89. The number of carboxylic acid groups (broad SMARTS) is 1. The normalized spacial score (nSPS) is 23.1. The van der Waals surface area contributed by atoms with Crippen LogP contribution < -0.4 is 0 Å². The molecular weight excluding hydrogens is 462 g/mol. The molecule has 0 aromatic heterocycles. The summed E-state index contributed by atoms with van der Waals surface area (Å²) in [5.74, 6) is -0.616. The molecule has 4 atom stereocenters. The molecule has 9 heteroatoms. The molecule has 3 rings (SSSR count). The number of allylic oxidation sites excluding steroid dienone is 1. The third-order valence-electron chi connectivity index (χ3n) is 5.90. The van der Waals surface area contributed by atoms with Crippen molar-refractivity contribution in [3.63, 3.8) is 0 Å². The fourth-order valence-electron chi connectivity index (χ4n) is 4.33. The molecule has 7 nitrogen and oxygen atoms in total. The van der Waals surface area contributed by atoms with E-state index in [0.29, 0.717) is 6.42 Å². The average Bonchev–Trinajstić information content (AvgIpc) is 2.82. The van der Waals surface area contributed by atoms with Crippen molar-refractivity contribution in [1.82, 2.24) is 4.90 Å². The van der Waals surface area contributed by atoms with Crippen LogP contribution in [0.1, 0.15) is 13.3 Å². The molecule has 0 saturated carbocycles. The van der Waals surface area contributed by atoms with Crippen LogP contribution in [0.4, 0.5) is 4.79 Å². The summed E-state index contributed by atoms with van der Waals surface area (Å²) in [6.45, 7) is 5.21. The van der Waals surface area contributed by atoms with Crippen LogP contribution in [-0.2, 0) is 19.7 Å². The summed E-state index contributed by atoms with van der Waals surface area (Å²) in [5.41, 5.74) is 0. The maximum absolute atomic E-state index is 13.9. The fraction of sp³-hybridized carbons (Fsp3) is 0.292. The van der Waals surface area contributed by atoms with Crippen LogP contribution in [-0.4, -0.2) is 56.0 Å². The topological polar surface area (TPSA) is 109 Å². The van der Waals surface area contributed by atoms with Gasteiger partial charge < -0.3 is 5.11 Å². The lowest BCUT2D eigenvalue weighted by Gasteiger charge is -2.42. The minimum atomic E-state index is -4.26. The molecule has 33 heavy (non-hydrogen) atoms. The van der Waals surface area contributed by atoms with Crippen molar-refractivity contribution in [3.8, 4) is 0 Å². The van der Waals surface area contributed by atoms with Crippen LogP contribution in [0.2, 0.25) is 0 Å². The van der Waals surface area contributed by atoms with Crippen molar-refractivity contribution < 1.29 is 26.7 Å². The predicted molar refractivity (Wildman–Crippen MR) is 126 cm³/mol. The lowest BCUT2D eigenvalue weighted by Crippen LogP contribution is -2.58. The molecule has 1 amide bonds. The molecule has 2 aromatic carbocycles. The molecular formula is C24H27NO6S2. The summed E-state index contributed by atoms with van der Waals surface area (Å²) in [7, 11) is -8.41. The van der Waals surface area contributed by atoms with Crippen LogP contribution in [0.3, 0.4) is 0 Å². The predicted octanol–water partition coefficient (Wildman–Crippen LogP) is 3.80. The Bertz CT molecular complexity index is 1220. The van der Waals surface area contributed by atoms with Gasteiger partial charge in [-0.3, -0.25) is 4.90 Å². The number of carbonyl (C=O) groups is 1. The summed E-state index contributed by atoms with van der Waals surface area (Å²) in [6, 6.07) is 14.0. The fourth-order valence-corrected chi connectivity index (χ4v) is 9.33. The van der Waals surface area contributed by atoms with E-state index < -0.39 is 48.2 Å². The van der Waals surface area contributed by atoms with Crippen LogP contribution in [0, 0.1) is 5.92 Å². The molecule has 0 unspecified atom stereocenters. The SMILES string of the molecule is C=CCN(C(=O)O)[C@@H]1C=C[C@@H](CC)[C@H](S(=O)(=O)c2ccccc2)[C@H]1S(=O)(=O)c1ccccc1. The van der Waals surface area contributed by atoms with E-state index in [9.17, 15) is 26.7 Å². The van der Waals surface area contributed by atoms with Crippen molar-refractivity contribution in [2.24, 2.45) is 5.92 Å². The van der Waals surface area contributed by atoms with E-state index >= 15 is 0 Å². The van der Waals surface area contributed by atoms with Crippen molar-refractivity contribution in [2.75, 3.05) is 6.54 Å². The Balaban J connectivity index is 2.31. The number of benzene rings is 2. The van der Waals surface area contributed by atoms with Gasteiger partial charge in [-0.05, 0) is 36.6 Å². The molecule has 1 aliphatic rings. The Morgan fingerprint density at radius 3 is 1.82 bits per heavy atom. The van der Waals surface area contributed by atoms with E-state index in [-0.39, 0.29) is 16.3 Å². The third-order valence-corrected chi connectivity index (χ3v) is 10.6. The molecule has 176 valence electrons. The van der Waals surface area contributed by atoms with Crippen LogP contribution >= 0.6 is 0 Å². The maximum atomic E-state index is 13.9. The second-order valence-electron chi connectivity index (χ2n) is 7.82. The van der Waals surface area contributed by atoms with Gasteiger partial charge in [0, 0.05) is 6.54 Å². The molecule has 0 spiro atoms. The van der Waals surface area contributed by atoms with Crippen molar-refractivity contribution >= 4 is 25.8 Å². The monoisotopic (exact) mass is 489 g/mol. The van der Waals surface area contributed by atoms with E-state index in [1.807, 2.05) is 0 Å². The van der Waals surface area contributed by atoms with Crippen LogP contribution in [0.15, 0.2) is 95.3 Å². The Hall–Kier alpha value is -2.91. The molecule has 1 aliphatic carbocycles. The zero-order valence-electron chi connectivity index (χ0n) is 18.2. The zero-order chi connectivity index (χ0) is 24.2. The first-order valence-corrected chi connectivity index (χ1v) is 13.6. The lowest BCUT2D eigenvalue weighted by molar-refractivity contribution is 0.136. The molecule has 0 aliphatic heterocycles. The quantitative estimate of drug-likeness (QED) is 0.565. The molecule has 0 saturated heterocycles. The van der Waals surface area contributed by atoms with Crippen molar-refractivity contribution in [2.45, 2.75) is 39.7 Å². The first-order valence-electron chi connectivity index (χ1n) is 10.5. The highest BCUT2D eigenvalue weighted by atomic mass is 32.2. The molecule has 1 N–H and O–H groups in total. The first kappa shape index (κ1) is 24.7. The first-order chi connectivity index (χ1) is 15.7. The number of hydrogen-bond donors (Lipinski definition) is 1. The van der Waals surface area contributed by atoms with E-state index in [2.05, 4.69) is 6.58 Å². The van der Waals surface area contributed by atoms with Gasteiger partial charge in [-0.2, -0.15) is 0 Å². The Kier molecular flexibility index (Phi) is 7.44. The number of hydrogen-bond acceptors (Lipinski definition) is 5. The van der Waals surface area contributed by atoms with Gasteiger partial charge in [0.2, 0.25) is 0 Å². The van der Waals surface area contributed by atoms with E-state index in [4.69, 9.17) is 0 Å². The van der Waals surface area contributed by atoms with Crippen molar-refractivity contribution in [3.05, 3.63) is 85.5 Å². The van der Waals surface area contributed by atoms with Crippen LogP contribution in [0.25, 0.3) is 0 Å². The zero-order valence-corrected chi connectivity index (χ0v) is 19.8. The molecule has 0 radical (unpaired) electrons.